The third kappa shape index (κ3) is 5.24. The fourth-order valence-corrected chi connectivity index (χ4v) is 1.81. The van der Waals surface area contributed by atoms with Crippen LogP contribution in [0.4, 0.5) is 0 Å². The second-order valence-corrected chi connectivity index (χ2v) is 3.69. The molecule has 1 fully saturated rings. The minimum Gasteiger partial charge on any atom is -0.394 e. The molecule has 0 spiro atoms. The Morgan fingerprint density at radius 1 is 1.38 bits per heavy atom. The van der Waals surface area contributed by atoms with E-state index in [9.17, 15) is 0 Å². The summed E-state index contributed by atoms with van der Waals surface area (Å²) in [6.07, 6.45) is 5.08. The first-order valence-electron chi connectivity index (χ1n) is 5.33. The molecule has 0 aliphatic carbocycles. The van der Waals surface area contributed by atoms with Gasteiger partial charge in [-0.2, -0.15) is 0 Å². The van der Waals surface area contributed by atoms with Gasteiger partial charge >= 0.3 is 0 Å². The van der Waals surface area contributed by atoms with Crippen LogP contribution in [0.1, 0.15) is 25.7 Å². The lowest BCUT2D eigenvalue weighted by atomic mass is 9.95. The zero-order chi connectivity index (χ0) is 9.36. The normalized spacial score (nSPS) is 23.3. The molecule has 1 heterocycles. The Morgan fingerprint density at radius 2 is 2.31 bits per heavy atom. The van der Waals surface area contributed by atoms with Gasteiger partial charge in [0.15, 0.2) is 0 Å². The standard InChI is InChI=1S/C10H21NO2/c12-6-8-13-7-2-4-10-3-1-5-11-9-10/h10-12H,1-9H2. The molecular weight excluding hydrogens is 166 g/mol. The van der Waals surface area contributed by atoms with E-state index >= 15 is 0 Å². The van der Waals surface area contributed by atoms with Gasteiger partial charge in [0.25, 0.3) is 0 Å². The zero-order valence-corrected chi connectivity index (χ0v) is 8.30. The molecule has 0 bridgehead atoms. The van der Waals surface area contributed by atoms with Crippen LogP contribution in [0.2, 0.25) is 0 Å². The van der Waals surface area contributed by atoms with E-state index in [0.717, 1.165) is 18.9 Å². The summed E-state index contributed by atoms with van der Waals surface area (Å²) in [6.45, 7) is 3.81. The molecule has 0 radical (unpaired) electrons. The smallest absolute Gasteiger partial charge is 0.0697 e. The van der Waals surface area contributed by atoms with Crippen molar-refractivity contribution in [1.29, 1.82) is 0 Å². The van der Waals surface area contributed by atoms with E-state index in [1.807, 2.05) is 0 Å². The summed E-state index contributed by atoms with van der Waals surface area (Å²) < 4.78 is 5.20. The van der Waals surface area contributed by atoms with Crippen molar-refractivity contribution in [2.24, 2.45) is 5.92 Å². The third-order valence-corrected chi connectivity index (χ3v) is 2.54. The number of hydrogen-bond donors (Lipinski definition) is 2. The average Bonchev–Trinajstić information content (AvgIpc) is 2.19. The van der Waals surface area contributed by atoms with E-state index in [4.69, 9.17) is 9.84 Å². The van der Waals surface area contributed by atoms with Crippen molar-refractivity contribution in [3.8, 4) is 0 Å². The van der Waals surface area contributed by atoms with Crippen LogP contribution in [0, 0.1) is 5.92 Å². The first-order valence-corrected chi connectivity index (χ1v) is 5.33. The van der Waals surface area contributed by atoms with Crippen molar-refractivity contribution in [2.75, 3.05) is 32.9 Å². The van der Waals surface area contributed by atoms with Gasteiger partial charge < -0.3 is 15.2 Å². The molecule has 13 heavy (non-hydrogen) atoms. The fraction of sp³-hybridized carbons (Fsp3) is 1.00. The second kappa shape index (κ2) is 7.30. The molecule has 0 aromatic rings. The van der Waals surface area contributed by atoms with Gasteiger partial charge in [0.05, 0.1) is 13.2 Å². The molecule has 1 unspecified atom stereocenters. The topological polar surface area (TPSA) is 41.5 Å². The Bertz CT molecular complexity index is 113. The van der Waals surface area contributed by atoms with Gasteiger partial charge in [-0.25, -0.2) is 0 Å². The Balaban J connectivity index is 1.86. The maximum atomic E-state index is 8.48. The molecule has 78 valence electrons. The lowest BCUT2D eigenvalue weighted by molar-refractivity contribution is 0.0869. The van der Waals surface area contributed by atoms with E-state index in [2.05, 4.69) is 5.32 Å². The largest absolute Gasteiger partial charge is 0.394 e. The fourth-order valence-electron chi connectivity index (χ4n) is 1.81. The van der Waals surface area contributed by atoms with E-state index in [-0.39, 0.29) is 6.61 Å². The number of rotatable bonds is 6. The summed E-state index contributed by atoms with van der Waals surface area (Å²) in [4.78, 5) is 0. The SMILES string of the molecule is OCCOCCCC1CCCNC1. The Hall–Kier alpha value is -0.120. The van der Waals surface area contributed by atoms with Crippen molar-refractivity contribution >= 4 is 0 Å². The quantitative estimate of drug-likeness (QED) is 0.604. The maximum absolute atomic E-state index is 8.48. The van der Waals surface area contributed by atoms with Crippen LogP contribution in [0.5, 0.6) is 0 Å². The second-order valence-electron chi connectivity index (χ2n) is 3.69. The average molecular weight is 187 g/mol. The highest BCUT2D eigenvalue weighted by Gasteiger charge is 2.11. The first kappa shape index (κ1) is 11.0. The molecule has 0 saturated carbocycles. The van der Waals surface area contributed by atoms with Crippen LogP contribution in [0.3, 0.4) is 0 Å². The first-order chi connectivity index (χ1) is 6.43. The lowest BCUT2D eigenvalue weighted by Gasteiger charge is -2.22. The van der Waals surface area contributed by atoms with Gasteiger partial charge in [-0.3, -0.25) is 0 Å². The Kier molecular flexibility index (Phi) is 6.15. The van der Waals surface area contributed by atoms with Crippen molar-refractivity contribution in [2.45, 2.75) is 25.7 Å². The highest BCUT2D eigenvalue weighted by molar-refractivity contribution is 4.68. The molecule has 1 rings (SSSR count). The van der Waals surface area contributed by atoms with Gasteiger partial charge in [-0.15, -0.1) is 0 Å². The molecule has 1 aliphatic heterocycles. The van der Waals surface area contributed by atoms with Crippen molar-refractivity contribution in [3.63, 3.8) is 0 Å². The minimum absolute atomic E-state index is 0.144. The highest BCUT2D eigenvalue weighted by Crippen LogP contribution is 2.15. The molecule has 1 atom stereocenters. The summed E-state index contributed by atoms with van der Waals surface area (Å²) >= 11 is 0. The summed E-state index contributed by atoms with van der Waals surface area (Å²) in [6, 6.07) is 0. The Labute approximate surface area is 80.5 Å². The third-order valence-electron chi connectivity index (χ3n) is 2.54. The van der Waals surface area contributed by atoms with Crippen molar-refractivity contribution < 1.29 is 9.84 Å². The number of nitrogens with one attached hydrogen (secondary N) is 1. The molecule has 2 N–H and O–H groups in total. The maximum Gasteiger partial charge on any atom is 0.0697 e. The van der Waals surface area contributed by atoms with Crippen LogP contribution >= 0.6 is 0 Å². The highest BCUT2D eigenvalue weighted by atomic mass is 16.5. The van der Waals surface area contributed by atoms with Gasteiger partial charge in [0.1, 0.15) is 0 Å². The van der Waals surface area contributed by atoms with Crippen molar-refractivity contribution in [1.82, 2.24) is 5.32 Å². The van der Waals surface area contributed by atoms with Gasteiger partial charge in [0, 0.05) is 6.61 Å². The molecule has 0 aromatic heterocycles. The molecular formula is C10H21NO2. The summed E-state index contributed by atoms with van der Waals surface area (Å²) in [7, 11) is 0. The minimum atomic E-state index is 0.144. The summed E-state index contributed by atoms with van der Waals surface area (Å²) in [5.41, 5.74) is 0. The van der Waals surface area contributed by atoms with E-state index in [1.54, 1.807) is 0 Å². The Morgan fingerprint density at radius 3 is 3.00 bits per heavy atom. The molecule has 0 aromatic carbocycles. The summed E-state index contributed by atoms with van der Waals surface area (Å²) in [5, 5.41) is 11.9. The number of aliphatic hydroxyl groups is 1. The number of hydrogen-bond acceptors (Lipinski definition) is 3. The van der Waals surface area contributed by atoms with Crippen molar-refractivity contribution in [3.05, 3.63) is 0 Å². The molecule has 0 amide bonds. The number of ether oxygens (including phenoxy) is 1. The van der Waals surface area contributed by atoms with Crippen LogP contribution in [0.15, 0.2) is 0 Å². The van der Waals surface area contributed by atoms with Gasteiger partial charge in [-0.05, 0) is 44.7 Å². The zero-order valence-electron chi connectivity index (χ0n) is 8.30. The number of piperidine rings is 1. The molecule has 1 saturated heterocycles. The monoisotopic (exact) mass is 187 g/mol. The predicted octanol–water partition coefficient (Wildman–Crippen LogP) is 0.775. The van der Waals surface area contributed by atoms with E-state index in [0.29, 0.717) is 6.61 Å². The number of aliphatic hydroxyl groups excluding tert-OH is 1. The van der Waals surface area contributed by atoms with Crippen LogP contribution < -0.4 is 5.32 Å². The van der Waals surface area contributed by atoms with Crippen LogP contribution in [-0.4, -0.2) is 38.0 Å². The molecule has 1 aliphatic rings. The van der Waals surface area contributed by atoms with Gasteiger partial charge in [-0.1, -0.05) is 0 Å². The van der Waals surface area contributed by atoms with Crippen LogP contribution in [-0.2, 0) is 4.74 Å². The van der Waals surface area contributed by atoms with Crippen LogP contribution in [0.25, 0.3) is 0 Å². The summed E-state index contributed by atoms with van der Waals surface area (Å²) in [5.74, 6) is 0.853. The van der Waals surface area contributed by atoms with E-state index < -0.39 is 0 Å². The lowest BCUT2D eigenvalue weighted by Crippen LogP contribution is -2.29. The molecule has 3 heteroatoms. The molecule has 3 nitrogen and oxygen atoms in total. The predicted molar refractivity (Wildman–Crippen MR) is 52.7 cm³/mol. The van der Waals surface area contributed by atoms with E-state index in [1.165, 1.54) is 32.4 Å². The van der Waals surface area contributed by atoms with Gasteiger partial charge in [0.2, 0.25) is 0 Å².